The summed E-state index contributed by atoms with van der Waals surface area (Å²) in [5.74, 6) is 0. The lowest BCUT2D eigenvalue weighted by atomic mass is 10.2. The third-order valence-electron chi connectivity index (χ3n) is 5.85. The van der Waals surface area contributed by atoms with Crippen LogP contribution in [0.3, 0.4) is 0 Å². The molecule has 5 heteroatoms. The van der Waals surface area contributed by atoms with Gasteiger partial charge in [0.2, 0.25) is 0 Å². The highest BCUT2D eigenvalue weighted by Crippen LogP contribution is 2.58. The van der Waals surface area contributed by atoms with Crippen molar-refractivity contribution in [2.75, 3.05) is 39.3 Å². The summed E-state index contributed by atoms with van der Waals surface area (Å²) in [5, 5.41) is 0. The highest BCUT2D eigenvalue weighted by atomic mass is 31.2. The largest absolute Gasteiger partial charge is 0.286 e. The Morgan fingerprint density at radius 2 is 0.609 bits per heavy atom. The fourth-order valence-electron chi connectivity index (χ4n) is 4.48. The molecule has 0 unspecified atom stereocenters. The van der Waals surface area contributed by atoms with Gasteiger partial charge in [0.1, 0.15) is 0 Å². The van der Waals surface area contributed by atoms with Gasteiger partial charge in [-0.2, -0.15) is 0 Å². The van der Waals surface area contributed by atoms with Crippen LogP contribution in [0.5, 0.6) is 0 Å². The molecule has 3 fully saturated rings. The van der Waals surface area contributed by atoms with E-state index in [9.17, 15) is 4.57 Å². The topological polar surface area (TPSA) is 26.8 Å². The van der Waals surface area contributed by atoms with Crippen LogP contribution in [0.1, 0.15) is 77.0 Å². The molecule has 0 atom stereocenters. The highest BCUT2D eigenvalue weighted by molar-refractivity contribution is 7.56. The molecule has 134 valence electrons. The minimum absolute atomic E-state index is 1.05. The van der Waals surface area contributed by atoms with E-state index < -0.39 is 7.59 Å². The van der Waals surface area contributed by atoms with Gasteiger partial charge in [-0.25, -0.2) is 14.0 Å². The van der Waals surface area contributed by atoms with Gasteiger partial charge in [0, 0.05) is 39.3 Å². The maximum atomic E-state index is 14.5. The van der Waals surface area contributed by atoms with Gasteiger partial charge >= 0.3 is 0 Å². The Balaban J connectivity index is 1.84. The molecular formula is C18H36N3OP. The SMILES string of the molecule is O=P(N1CCCCCC1)(N1CCCCCC1)N1CCCCCC1. The third kappa shape index (κ3) is 4.39. The molecule has 0 aromatic rings. The van der Waals surface area contributed by atoms with Crippen molar-refractivity contribution in [2.45, 2.75) is 77.0 Å². The molecule has 0 aliphatic carbocycles. The van der Waals surface area contributed by atoms with Crippen molar-refractivity contribution in [3.8, 4) is 0 Å². The van der Waals surface area contributed by atoms with E-state index in [0.717, 1.165) is 39.3 Å². The Hall–Kier alpha value is 0.110. The number of hydrogen-bond donors (Lipinski definition) is 0. The van der Waals surface area contributed by atoms with Crippen LogP contribution in [0.25, 0.3) is 0 Å². The van der Waals surface area contributed by atoms with E-state index in [2.05, 4.69) is 14.0 Å². The van der Waals surface area contributed by atoms with Crippen molar-refractivity contribution in [1.29, 1.82) is 0 Å². The first kappa shape index (κ1) is 17.9. The quantitative estimate of drug-likeness (QED) is 0.694. The Morgan fingerprint density at radius 3 is 0.826 bits per heavy atom. The molecule has 0 radical (unpaired) electrons. The van der Waals surface area contributed by atoms with Crippen molar-refractivity contribution in [3.05, 3.63) is 0 Å². The summed E-state index contributed by atoms with van der Waals surface area (Å²) in [7, 11) is -2.53. The van der Waals surface area contributed by atoms with Gasteiger partial charge in [0.15, 0.2) is 0 Å². The fraction of sp³-hybridized carbons (Fsp3) is 1.00. The van der Waals surface area contributed by atoms with Gasteiger partial charge in [-0.05, 0) is 38.5 Å². The monoisotopic (exact) mass is 341 g/mol. The van der Waals surface area contributed by atoms with E-state index in [1.807, 2.05) is 0 Å². The molecule has 3 aliphatic heterocycles. The van der Waals surface area contributed by atoms with Crippen molar-refractivity contribution in [2.24, 2.45) is 0 Å². The minimum Gasteiger partial charge on any atom is -0.270 e. The van der Waals surface area contributed by atoms with Crippen LogP contribution in [0.15, 0.2) is 0 Å². The van der Waals surface area contributed by atoms with E-state index in [0.29, 0.717) is 0 Å². The molecule has 0 spiro atoms. The lowest BCUT2D eigenvalue weighted by Gasteiger charge is -2.44. The van der Waals surface area contributed by atoms with Crippen LogP contribution in [0.4, 0.5) is 0 Å². The summed E-state index contributed by atoms with van der Waals surface area (Å²) in [5.41, 5.74) is 0. The Kier molecular flexibility index (Phi) is 7.00. The van der Waals surface area contributed by atoms with Crippen molar-refractivity contribution in [3.63, 3.8) is 0 Å². The third-order valence-corrected chi connectivity index (χ3v) is 9.26. The summed E-state index contributed by atoms with van der Waals surface area (Å²) in [4.78, 5) is 0. The molecule has 0 amide bonds. The van der Waals surface area contributed by atoms with Gasteiger partial charge in [-0.1, -0.05) is 38.5 Å². The Bertz CT molecular complexity index is 323. The van der Waals surface area contributed by atoms with E-state index >= 15 is 0 Å². The Morgan fingerprint density at radius 1 is 0.391 bits per heavy atom. The summed E-state index contributed by atoms with van der Waals surface area (Å²) >= 11 is 0. The van der Waals surface area contributed by atoms with Crippen LogP contribution in [-0.4, -0.2) is 53.3 Å². The molecule has 4 nitrogen and oxygen atoms in total. The molecule has 0 saturated carbocycles. The zero-order chi connectivity index (χ0) is 16.0. The van der Waals surface area contributed by atoms with E-state index in [-0.39, 0.29) is 0 Å². The predicted octanol–water partition coefficient (Wildman–Crippen LogP) is 4.72. The first-order chi connectivity index (χ1) is 11.3. The predicted molar refractivity (Wildman–Crippen MR) is 97.7 cm³/mol. The second-order valence-electron chi connectivity index (χ2n) is 7.62. The van der Waals surface area contributed by atoms with Crippen LogP contribution < -0.4 is 0 Å². The van der Waals surface area contributed by atoms with Gasteiger partial charge in [-0.3, -0.25) is 4.57 Å². The molecule has 3 heterocycles. The molecule has 0 aromatic carbocycles. The average Bonchev–Trinajstić information content (AvgIpc) is 3.10. The number of nitrogens with zero attached hydrogens (tertiary/aromatic N) is 3. The smallest absolute Gasteiger partial charge is 0.270 e. The van der Waals surface area contributed by atoms with Crippen LogP contribution in [0.2, 0.25) is 0 Å². The Labute approximate surface area is 143 Å². The lowest BCUT2D eigenvalue weighted by molar-refractivity contribution is 0.271. The molecule has 3 saturated heterocycles. The summed E-state index contributed by atoms with van der Waals surface area (Å²) in [6, 6.07) is 0. The van der Waals surface area contributed by atoms with E-state index in [4.69, 9.17) is 0 Å². The van der Waals surface area contributed by atoms with Crippen molar-refractivity contribution < 1.29 is 4.57 Å². The maximum Gasteiger partial charge on any atom is 0.286 e. The first-order valence-electron chi connectivity index (χ1n) is 10.2. The first-order valence-corrected chi connectivity index (χ1v) is 11.7. The van der Waals surface area contributed by atoms with Crippen LogP contribution >= 0.6 is 7.59 Å². The molecular weight excluding hydrogens is 305 g/mol. The highest BCUT2D eigenvalue weighted by Gasteiger charge is 2.42. The molecule has 0 aromatic heterocycles. The molecule has 0 N–H and O–H groups in total. The maximum absolute atomic E-state index is 14.5. The normalized spacial score (nSPS) is 28.0. The standard InChI is InChI=1S/C18H36N3OP/c22-23(19-13-7-1-2-8-14-19,20-15-9-3-4-10-16-20)21-17-11-5-6-12-18-21/h1-18H2. The van der Waals surface area contributed by atoms with Crippen molar-refractivity contribution in [1.82, 2.24) is 14.0 Å². The van der Waals surface area contributed by atoms with Gasteiger partial charge in [0.25, 0.3) is 7.59 Å². The van der Waals surface area contributed by atoms with Crippen molar-refractivity contribution >= 4 is 7.59 Å². The van der Waals surface area contributed by atoms with E-state index in [1.54, 1.807) is 0 Å². The van der Waals surface area contributed by atoms with Gasteiger partial charge in [0.05, 0.1) is 0 Å². The second-order valence-corrected chi connectivity index (χ2v) is 10.3. The van der Waals surface area contributed by atoms with Crippen LogP contribution in [0, 0.1) is 0 Å². The molecule has 23 heavy (non-hydrogen) atoms. The molecule has 0 bridgehead atoms. The number of hydrogen-bond acceptors (Lipinski definition) is 1. The zero-order valence-corrected chi connectivity index (χ0v) is 15.8. The zero-order valence-electron chi connectivity index (χ0n) is 14.9. The van der Waals surface area contributed by atoms with E-state index in [1.165, 1.54) is 77.0 Å². The molecule has 3 rings (SSSR count). The minimum atomic E-state index is -2.53. The summed E-state index contributed by atoms with van der Waals surface area (Å²) in [6.45, 7) is 6.28. The summed E-state index contributed by atoms with van der Waals surface area (Å²) in [6.07, 6.45) is 15.3. The fourth-order valence-corrected chi connectivity index (χ4v) is 7.97. The number of rotatable bonds is 3. The van der Waals surface area contributed by atoms with Gasteiger partial charge in [-0.15, -0.1) is 0 Å². The average molecular weight is 341 g/mol. The van der Waals surface area contributed by atoms with Crippen LogP contribution in [-0.2, 0) is 4.57 Å². The summed E-state index contributed by atoms with van der Waals surface area (Å²) < 4.78 is 21.8. The second kappa shape index (κ2) is 8.99. The van der Waals surface area contributed by atoms with Gasteiger partial charge < -0.3 is 0 Å². The lowest BCUT2D eigenvalue weighted by Crippen LogP contribution is -2.42. The molecule has 3 aliphatic rings.